The Balaban J connectivity index is 1.68. The van der Waals surface area contributed by atoms with Crippen molar-refractivity contribution in [2.24, 2.45) is 0 Å². The molecule has 1 atom stereocenters. The maximum absolute atomic E-state index is 5.82. The van der Waals surface area contributed by atoms with Crippen LogP contribution in [0.5, 0.6) is 5.75 Å². The van der Waals surface area contributed by atoms with Crippen LogP contribution in [-0.2, 0) is 6.42 Å². The van der Waals surface area contributed by atoms with Crippen LogP contribution in [0.1, 0.15) is 36.1 Å². The Hall–Kier alpha value is -1.81. The van der Waals surface area contributed by atoms with Crippen molar-refractivity contribution >= 4 is 0 Å². The van der Waals surface area contributed by atoms with Crippen LogP contribution < -0.4 is 10.1 Å². The van der Waals surface area contributed by atoms with Crippen molar-refractivity contribution in [1.29, 1.82) is 0 Å². The Morgan fingerprint density at radius 1 is 1.37 bits per heavy atom. The van der Waals surface area contributed by atoms with Gasteiger partial charge in [0, 0.05) is 6.42 Å². The van der Waals surface area contributed by atoms with Crippen LogP contribution in [0.25, 0.3) is 0 Å². The largest absolute Gasteiger partial charge is 0.497 e. The zero-order valence-electron chi connectivity index (χ0n) is 11.1. The van der Waals surface area contributed by atoms with Crippen molar-refractivity contribution in [2.45, 2.75) is 25.3 Å². The summed E-state index contributed by atoms with van der Waals surface area (Å²) in [5.41, 5.74) is 1.17. The third-order valence-electron chi connectivity index (χ3n) is 3.49. The summed E-state index contributed by atoms with van der Waals surface area (Å²) in [6.45, 7) is 1.07. The van der Waals surface area contributed by atoms with E-state index in [0.29, 0.717) is 6.04 Å². The number of oxazole rings is 1. The van der Waals surface area contributed by atoms with E-state index in [4.69, 9.17) is 9.15 Å². The summed E-state index contributed by atoms with van der Waals surface area (Å²) in [5, 5.41) is 3.41. The molecule has 0 bridgehead atoms. The average Bonchev–Trinajstić information content (AvgIpc) is 3.10. The number of hydrogen-bond acceptors (Lipinski definition) is 4. The predicted octanol–water partition coefficient (Wildman–Crippen LogP) is 2.70. The van der Waals surface area contributed by atoms with E-state index < -0.39 is 0 Å². The molecule has 0 amide bonds. The minimum Gasteiger partial charge on any atom is -0.497 e. The molecule has 0 radical (unpaired) electrons. The predicted molar refractivity (Wildman–Crippen MR) is 72.3 cm³/mol. The molecule has 0 spiro atoms. The summed E-state index contributed by atoms with van der Waals surface area (Å²) >= 11 is 0. The first-order chi connectivity index (χ1) is 9.35. The molecule has 1 unspecified atom stereocenters. The van der Waals surface area contributed by atoms with Gasteiger partial charge in [-0.2, -0.15) is 0 Å². The number of aromatic nitrogens is 1. The van der Waals surface area contributed by atoms with Gasteiger partial charge in [-0.15, -0.1) is 0 Å². The lowest BCUT2D eigenvalue weighted by Crippen LogP contribution is -2.11. The van der Waals surface area contributed by atoms with E-state index in [1.165, 1.54) is 12.0 Å². The fourth-order valence-corrected chi connectivity index (χ4v) is 2.41. The Kier molecular flexibility index (Phi) is 3.51. The molecule has 4 nitrogen and oxygen atoms in total. The summed E-state index contributed by atoms with van der Waals surface area (Å²) in [5.74, 6) is 2.60. The molecule has 1 N–H and O–H groups in total. The van der Waals surface area contributed by atoms with Gasteiger partial charge in [-0.25, -0.2) is 4.98 Å². The SMILES string of the molecule is COc1ccc(Cc2ncc(C3CCCN3)o2)cc1. The minimum atomic E-state index is 0.345. The van der Waals surface area contributed by atoms with Gasteiger partial charge in [0.15, 0.2) is 5.89 Å². The highest BCUT2D eigenvalue weighted by atomic mass is 16.5. The van der Waals surface area contributed by atoms with Crippen LogP contribution in [-0.4, -0.2) is 18.6 Å². The molecule has 4 heteroatoms. The van der Waals surface area contributed by atoms with Crippen LogP contribution in [0, 0.1) is 0 Å². The first kappa shape index (κ1) is 12.2. The number of methoxy groups -OCH3 is 1. The van der Waals surface area contributed by atoms with Gasteiger partial charge in [-0.3, -0.25) is 0 Å². The zero-order chi connectivity index (χ0) is 13.1. The molecule has 0 saturated carbocycles. The van der Waals surface area contributed by atoms with E-state index in [0.717, 1.165) is 36.8 Å². The van der Waals surface area contributed by atoms with Gasteiger partial charge >= 0.3 is 0 Å². The molecule has 100 valence electrons. The second-order valence-electron chi connectivity index (χ2n) is 4.83. The highest BCUT2D eigenvalue weighted by molar-refractivity contribution is 5.28. The maximum Gasteiger partial charge on any atom is 0.198 e. The Bertz CT molecular complexity index is 527. The summed E-state index contributed by atoms with van der Waals surface area (Å²) in [6, 6.07) is 8.33. The molecule has 1 aliphatic rings. The fraction of sp³-hybridized carbons (Fsp3) is 0.400. The Morgan fingerprint density at radius 2 is 2.21 bits per heavy atom. The number of nitrogens with zero attached hydrogens (tertiary/aromatic N) is 1. The van der Waals surface area contributed by atoms with E-state index in [-0.39, 0.29) is 0 Å². The second kappa shape index (κ2) is 5.45. The van der Waals surface area contributed by atoms with Crippen LogP contribution in [0.2, 0.25) is 0 Å². The molecular formula is C15H18N2O2. The van der Waals surface area contributed by atoms with Crippen LogP contribution >= 0.6 is 0 Å². The smallest absolute Gasteiger partial charge is 0.198 e. The Morgan fingerprint density at radius 3 is 2.89 bits per heavy atom. The molecule has 1 aromatic carbocycles. The number of nitrogens with one attached hydrogen (secondary N) is 1. The van der Waals surface area contributed by atoms with Crippen LogP contribution in [0.4, 0.5) is 0 Å². The van der Waals surface area contributed by atoms with Gasteiger partial charge in [0.1, 0.15) is 11.5 Å². The van der Waals surface area contributed by atoms with Gasteiger partial charge in [0.05, 0.1) is 19.3 Å². The number of rotatable bonds is 4. The molecule has 2 aromatic rings. The first-order valence-electron chi connectivity index (χ1n) is 6.66. The van der Waals surface area contributed by atoms with E-state index in [1.54, 1.807) is 7.11 Å². The third-order valence-corrected chi connectivity index (χ3v) is 3.49. The van der Waals surface area contributed by atoms with Gasteiger partial charge in [-0.1, -0.05) is 12.1 Å². The second-order valence-corrected chi connectivity index (χ2v) is 4.83. The lowest BCUT2D eigenvalue weighted by molar-refractivity contribution is 0.413. The van der Waals surface area contributed by atoms with Gasteiger partial charge in [-0.05, 0) is 37.1 Å². The van der Waals surface area contributed by atoms with Crippen LogP contribution in [0.3, 0.4) is 0 Å². The van der Waals surface area contributed by atoms with Crippen molar-refractivity contribution in [1.82, 2.24) is 10.3 Å². The molecule has 2 heterocycles. The van der Waals surface area contributed by atoms with E-state index in [9.17, 15) is 0 Å². The fourth-order valence-electron chi connectivity index (χ4n) is 2.41. The Labute approximate surface area is 112 Å². The van der Waals surface area contributed by atoms with Crippen molar-refractivity contribution in [3.63, 3.8) is 0 Å². The van der Waals surface area contributed by atoms with Crippen molar-refractivity contribution in [2.75, 3.05) is 13.7 Å². The number of benzene rings is 1. The number of ether oxygens (including phenoxy) is 1. The van der Waals surface area contributed by atoms with E-state index in [2.05, 4.69) is 10.3 Å². The third kappa shape index (κ3) is 2.79. The molecule has 1 aliphatic heterocycles. The minimum absolute atomic E-state index is 0.345. The maximum atomic E-state index is 5.82. The van der Waals surface area contributed by atoms with Gasteiger partial charge in [0.2, 0.25) is 0 Å². The summed E-state index contributed by atoms with van der Waals surface area (Å²) in [7, 11) is 1.67. The summed E-state index contributed by atoms with van der Waals surface area (Å²) in [4.78, 5) is 4.36. The standard InChI is InChI=1S/C15H18N2O2/c1-18-12-6-4-11(5-7-12)9-15-17-10-14(19-15)13-3-2-8-16-13/h4-7,10,13,16H,2-3,8-9H2,1H3. The monoisotopic (exact) mass is 258 g/mol. The quantitative estimate of drug-likeness (QED) is 0.916. The van der Waals surface area contributed by atoms with Gasteiger partial charge < -0.3 is 14.5 Å². The summed E-state index contributed by atoms with van der Waals surface area (Å²) in [6.07, 6.45) is 4.91. The first-order valence-corrected chi connectivity index (χ1v) is 6.66. The van der Waals surface area contributed by atoms with E-state index in [1.807, 2.05) is 30.5 Å². The lowest BCUT2D eigenvalue weighted by atomic mass is 10.1. The highest BCUT2D eigenvalue weighted by Gasteiger charge is 2.20. The van der Waals surface area contributed by atoms with E-state index >= 15 is 0 Å². The number of hydrogen-bond donors (Lipinski definition) is 1. The molecule has 1 fully saturated rings. The molecule has 3 rings (SSSR count). The van der Waals surface area contributed by atoms with Crippen molar-refractivity contribution in [3.05, 3.63) is 47.7 Å². The van der Waals surface area contributed by atoms with Gasteiger partial charge in [0.25, 0.3) is 0 Å². The molecular weight excluding hydrogens is 240 g/mol. The highest BCUT2D eigenvalue weighted by Crippen LogP contribution is 2.24. The van der Waals surface area contributed by atoms with Crippen molar-refractivity contribution in [3.8, 4) is 5.75 Å². The normalized spacial score (nSPS) is 18.7. The lowest BCUT2D eigenvalue weighted by Gasteiger charge is -2.04. The molecule has 19 heavy (non-hydrogen) atoms. The van der Waals surface area contributed by atoms with Crippen molar-refractivity contribution < 1.29 is 9.15 Å². The average molecular weight is 258 g/mol. The zero-order valence-corrected chi connectivity index (χ0v) is 11.1. The van der Waals surface area contributed by atoms with Crippen LogP contribution in [0.15, 0.2) is 34.9 Å². The molecule has 1 saturated heterocycles. The molecule has 1 aromatic heterocycles. The molecule has 0 aliphatic carbocycles. The summed E-state index contributed by atoms with van der Waals surface area (Å²) < 4.78 is 11.0. The topological polar surface area (TPSA) is 47.3 Å².